The van der Waals surface area contributed by atoms with E-state index in [2.05, 4.69) is 15.2 Å². The monoisotopic (exact) mass is 215 g/mol. The zero-order valence-corrected chi connectivity index (χ0v) is 8.94. The fraction of sp³-hybridized carbons (Fsp3) is 0.0909. The van der Waals surface area contributed by atoms with Crippen LogP contribution in [0.5, 0.6) is 0 Å². The fourth-order valence-electron chi connectivity index (χ4n) is 1.58. The molecule has 0 aliphatic rings. The molecule has 1 aromatic heterocycles. The lowest BCUT2D eigenvalue weighted by Crippen LogP contribution is -1.98. The Morgan fingerprint density at radius 1 is 1.50 bits per heavy atom. The zero-order valence-electron chi connectivity index (χ0n) is 8.94. The van der Waals surface area contributed by atoms with Crippen molar-refractivity contribution in [2.45, 2.75) is 0 Å². The van der Waals surface area contributed by atoms with Crippen LogP contribution in [0.25, 0.3) is 10.9 Å². The number of benzene rings is 1. The van der Waals surface area contributed by atoms with Gasteiger partial charge in [0.2, 0.25) is 0 Å². The molecule has 0 saturated heterocycles. The van der Waals surface area contributed by atoms with E-state index in [4.69, 9.17) is 11.5 Å². The van der Waals surface area contributed by atoms with Crippen LogP contribution in [0.15, 0.2) is 35.5 Å². The molecule has 16 heavy (non-hydrogen) atoms. The molecule has 5 N–H and O–H groups in total. The molecule has 5 nitrogen and oxygen atoms in total. The Bertz CT molecular complexity index is 565. The maximum absolute atomic E-state index is 5.74. The summed E-state index contributed by atoms with van der Waals surface area (Å²) in [5.41, 5.74) is 13.8. The van der Waals surface area contributed by atoms with Gasteiger partial charge in [-0.25, -0.2) is 0 Å². The highest BCUT2D eigenvalue weighted by atomic mass is 15.1. The number of hydrogen-bond acceptors (Lipinski definition) is 4. The molecule has 0 aliphatic heterocycles. The first kappa shape index (κ1) is 10.2. The van der Waals surface area contributed by atoms with Gasteiger partial charge in [-0.2, -0.15) is 5.10 Å². The Morgan fingerprint density at radius 3 is 3.00 bits per heavy atom. The Labute approximate surface area is 92.9 Å². The normalized spacial score (nSPS) is 12.7. The molecule has 5 heteroatoms. The number of H-pyrrole nitrogens is 1. The minimum atomic E-state index is 0.490. The van der Waals surface area contributed by atoms with Crippen LogP contribution < -0.4 is 11.5 Å². The summed E-state index contributed by atoms with van der Waals surface area (Å²) in [5.74, 6) is 0.490. The number of rotatable bonds is 2. The second-order valence-corrected chi connectivity index (χ2v) is 3.34. The van der Waals surface area contributed by atoms with E-state index in [1.807, 2.05) is 18.2 Å². The quantitative estimate of drug-likeness (QED) is 0.653. The summed E-state index contributed by atoms with van der Waals surface area (Å²) in [6.45, 7) is 0. The third-order valence-electron chi connectivity index (χ3n) is 2.38. The Balaban J connectivity index is 2.57. The van der Waals surface area contributed by atoms with Gasteiger partial charge < -0.3 is 11.5 Å². The topological polar surface area (TPSA) is 93.1 Å². The molecular formula is C11H13N5. The molecule has 0 fully saturated rings. The van der Waals surface area contributed by atoms with Crippen LogP contribution in [0.2, 0.25) is 0 Å². The van der Waals surface area contributed by atoms with Crippen molar-refractivity contribution in [1.82, 2.24) is 10.2 Å². The number of aromatic nitrogens is 2. The summed E-state index contributed by atoms with van der Waals surface area (Å²) in [5, 5.41) is 7.68. The molecule has 0 spiro atoms. The van der Waals surface area contributed by atoms with E-state index in [1.165, 1.54) is 6.20 Å². The molecule has 0 radical (unpaired) electrons. The average molecular weight is 215 g/mol. The first-order valence-corrected chi connectivity index (χ1v) is 4.85. The van der Waals surface area contributed by atoms with Gasteiger partial charge >= 0.3 is 0 Å². The highest BCUT2D eigenvalue weighted by molar-refractivity contribution is 6.10. The van der Waals surface area contributed by atoms with E-state index in [1.54, 1.807) is 13.1 Å². The molecule has 2 aromatic rings. The van der Waals surface area contributed by atoms with Crippen LogP contribution in [-0.4, -0.2) is 23.0 Å². The van der Waals surface area contributed by atoms with Crippen molar-refractivity contribution in [1.29, 1.82) is 0 Å². The van der Waals surface area contributed by atoms with Gasteiger partial charge in [0.25, 0.3) is 0 Å². The van der Waals surface area contributed by atoms with Gasteiger partial charge in [-0.1, -0.05) is 6.07 Å². The first-order chi connectivity index (χ1) is 7.76. The molecular weight excluding hydrogens is 202 g/mol. The molecule has 2 rings (SSSR count). The van der Waals surface area contributed by atoms with E-state index in [0.29, 0.717) is 5.82 Å². The first-order valence-electron chi connectivity index (χ1n) is 4.85. The number of nitrogens with one attached hydrogen (secondary N) is 1. The standard InChI is InChI=1S/C11H13N5/c1-14-9(4-5-12)7-2-3-10-8(6-7)11(13)16-15-10/h2-6H,12H2,1H3,(H3,13,15,16). The summed E-state index contributed by atoms with van der Waals surface area (Å²) >= 11 is 0. The van der Waals surface area contributed by atoms with E-state index >= 15 is 0 Å². The Kier molecular flexibility index (Phi) is 2.59. The summed E-state index contributed by atoms with van der Waals surface area (Å²) in [7, 11) is 1.72. The molecule has 1 heterocycles. The Morgan fingerprint density at radius 2 is 2.31 bits per heavy atom. The van der Waals surface area contributed by atoms with Crippen LogP contribution >= 0.6 is 0 Å². The number of hydrogen-bond donors (Lipinski definition) is 3. The smallest absolute Gasteiger partial charge is 0.153 e. The lowest BCUT2D eigenvalue weighted by Gasteiger charge is -2.00. The van der Waals surface area contributed by atoms with Crippen molar-refractivity contribution in [3.63, 3.8) is 0 Å². The molecule has 0 atom stereocenters. The number of aromatic amines is 1. The summed E-state index contributed by atoms with van der Waals surface area (Å²) in [6.07, 6.45) is 3.21. The van der Waals surface area contributed by atoms with E-state index in [9.17, 15) is 0 Å². The predicted octanol–water partition coefficient (Wildman–Crippen LogP) is 1.04. The van der Waals surface area contributed by atoms with Crippen LogP contribution in [-0.2, 0) is 0 Å². The van der Waals surface area contributed by atoms with E-state index in [0.717, 1.165) is 22.2 Å². The third-order valence-corrected chi connectivity index (χ3v) is 2.38. The number of fused-ring (bicyclic) bond motifs is 1. The van der Waals surface area contributed by atoms with Crippen LogP contribution in [0.4, 0.5) is 5.82 Å². The second-order valence-electron chi connectivity index (χ2n) is 3.34. The molecule has 0 unspecified atom stereocenters. The largest absolute Gasteiger partial charge is 0.405 e. The molecule has 0 bridgehead atoms. The van der Waals surface area contributed by atoms with Crippen LogP contribution in [0.3, 0.4) is 0 Å². The SMILES string of the molecule is CN=C(C=CN)c1ccc2[nH]nc(N)c2c1. The Hall–Kier alpha value is -2.30. The minimum Gasteiger partial charge on any atom is -0.405 e. The fourth-order valence-corrected chi connectivity index (χ4v) is 1.58. The minimum absolute atomic E-state index is 0.490. The lowest BCUT2D eigenvalue weighted by atomic mass is 10.1. The zero-order chi connectivity index (χ0) is 11.5. The van der Waals surface area contributed by atoms with Gasteiger partial charge in [0.1, 0.15) is 0 Å². The summed E-state index contributed by atoms with van der Waals surface area (Å²) in [4.78, 5) is 4.15. The molecule has 0 saturated carbocycles. The average Bonchev–Trinajstić information content (AvgIpc) is 2.68. The van der Waals surface area contributed by atoms with Crippen LogP contribution in [0.1, 0.15) is 5.56 Å². The highest BCUT2D eigenvalue weighted by Crippen LogP contribution is 2.19. The number of aliphatic imine (C=N–C) groups is 1. The molecule has 82 valence electrons. The van der Waals surface area contributed by atoms with Gasteiger partial charge in [0.15, 0.2) is 5.82 Å². The van der Waals surface area contributed by atoms with E-state index in [-0.39, 0.29) is 0 Å². The summed E-state index contributed by atoms with van der Waals surface area (Å²) < 4.78 is 0. The lowest BCUT2D eigenvalue weighted by molar-refractivity contribution is 1.13. The maximum Gasteiger partial charge on any atom is 0.153 e. The van der Waals surface area contributed by atoms with Gasteiger partial charge in [-0.3, -0.25) is 10.1 Å². The number of anilines is 1. The number of allylic oxidation sites excluding steroid dienone is 1. The third kappa shape index (κ3) is 1.63. The van der Waals surface area contributed by atoms with Gasteiger partial charge in [-0.05, 0) is 24.4 Å². The molecule has 0 amide bonds. The van der Waals surface area contributed by atoms with Crippen molar-refractivity contribution in [2.75, 3.05) is 12.8 Å². The van der Waals surface area contributed by atoms with Crippen LogP contribution in [0, 0.1) is 0 Å². The van der Waals surface area contributed by atoms with Gasteiger partial charge in [-0.15, -0.1) is 0 Å². The van der Waals surface area contributed by atoms with E-state index < -0.39 is 0 Å². The van der Waals surface area contributed by atoms with Crippen molar-refractivity contribution < 1.29 is 0 Å². The molecule has 1 aromatic carbocycles. The van der Waals surface area contributed by atoms with Gasteiger partial charge in [0, 0.05) is 18.0 Å². The second kappa shape index (κ2) is 4.06. The highest BCUT2D eigenvalue weighted by Gasteiger charge is 2.05. The van der Waals surface area contributed by atoms with Crippen molar-refractivity contribution in [3.8, 4) is 0 Å². The maximum atomic E-state index is 5.74. The van der Waals surface area contributed by atoms with Crippen molar-refractivity contribution >= 4 is 22.4 Å². The number of nitrogens with two attached hydrogens (primary N) is 2. The summed E-state index contributed by atoms with van der Waals surface area (Å²) in [6, 6.07) is 5.81. The van der Waals surface area contributed by atoms with Gasteiger partial charge in [0.05, 0.1) is 11.2 Å². The van der Waals surface area contributed by atoms with Crippen molar-refractivity contribution in [3.05, 3.63) is 36.0 Å². The number of nitrogens with zero attached hydrogens (tertiary/aromatic N) is 2. The number of nitrogen functional groups attached to an aromatic ring is 1. The molecule has 0 aliphatic carbocycles. The predicted molar refractivity (Wildman–Crippen MR) is 66.3 cm³/mol. The van der Waals surface area contributed by atoms with Crippen molar-refractivity contribution in [2.24, 2.45) is 10.7 Å².